The lowest BCUT2D eigenvalue weighted by Crippen LogP contribution is -2.48. The molecule has 5 amide bonds. The van der Waals surface area contributed by atoms with Crippen molar-refractivity contribution in [2.24, 2.45) is 0 Å². The van der Waals surface area contributed by atoms with Crippen molar-refractivity contribution < 1.29 is 29.1 Å². The highest BCUT2D eigenvalue weighted by molar-refractivity contribution is 7.14. The van der Waals surface area contributed by atoms with Crippen LogP contribution in [0.5, 0.6) is 0 Å². The summed E-state index contributed by atoms with van der Waals surface area (Å²) < 4.78 is 0. The van der Waals surface area contributed by atoms with Crippen LogP contribution in [0, 0.1) is 0 Å². The third-order valence-electron chi connectivity index (χ3n) is 5.45. The normalized spacial score (nSPS) is 11.1. The summed E-state index contributed by atoms with van der Waals surface area (Å²) in [5.41, 5.74) is 2.45. The molecule has 1 heterocycles. The van der Waals surface area contributed by atoms with Gasteiger partial charge in [-0.15, -0.1) is 11.3 Å². The van der Waals surface area contributed by atoms with Gasteiger partial charge in [-0.3, -0.25) is 24.5 Å². The van der Waals surface area contributed by atoms with Gasteiger partial charge in [0.1, 0.15) is 11.7 Å². The van der Waals surface area contributed by atoms with Gasteiger partial charge in [0.2, 0.25) is 11.8 Å². The zero-order valence-corrected chi connectivity index (χ0v) is 22.5. The third-order valence-corrected chi connectivity index (χ3v) is 6.21. The lowest BCUT2D eigenvalue weighted by molar-refractivity contribution is -0.139. The SMILES string of the molecule is CCCc1ccc(NC(=O)C(CC(=O)O)NC(=O)CNC(=O)c2csc(NC(=O)NCc3ccccc3)n2)cc1. The summed E-state index contributed by atoms with van der Waals surface area (Å²) in [6.07, 6.45) is 1.22. The molecule has 0 aliphatic heterocycles. The van der Waals surface area contributed by atoms with Crippen molar-refractivity contribution in [2.75, 3.05) is 17.2 Å². The van der Waals surface area contributed by atoms with E-state index in [1.165, 1.54) is 5.38 Å². The second-order valence-corrected chi connectivity index (χ2v) is 9.53. The number of carboxylic acid groups (broad SMARTS) is 1. The van der Waals surface area contributed by atoms with Crippen molar-refractivity contribution in [3.05, 3.63) is 76.8 Å². The molecule has 0 fully saturated rings. The summed E-state index contributed by atoms with van der Waals surface area (Å²) in [5, 5.41) is 23.3. The van der Waals surface area contributed by atoms with Crippen molar-refractivity contribution in [2.45, 2.75) is 38.8 Å². The number of rotatable bonds is 13. The number of urea groups is 1. The van der Waals surface area contributed by atoms with Crippen molar-refractivity contribution in [3.8, 4) is 0 Å². The van der Waals surface area contributed by atoms with Crippen LogP contribution in [-0.2, 0) is 27.3 Å². The number of aliphatic carboxylic acids is 1. The molecular formula is C27H30N6O6S. The molecule has 0 saturated heterocycles. The topological polar surface area (TPSA) is 179 Å². The molecule has 0 spiro atoms. The molecule has 0 aliphatic rings. The van der Waals surface area contributed by atoms with Crippen LogP contribution in [0.1, 0.15) is 41.4 Å². The van der Waals surface area contributed by atoms with E-state index in [1.807, 2.05) is 42.5 Å². The van der Waals surface area contributed by atoms with E-state index in [4.69, 9.17) is 0 Å². The quantitative estimate of drug-likeness (QED) is 0.184. The summed E-state index contributed by atoms with van der Waals surface area (Å²) in [7, 11) is 0. The maximum Gasteiger partial charge on any atom is 0.321 e. The van der Waals surface area contributed by atoms with E-state index in [2.05, 4.69) is 38.5 Å². The van der Waals surface area contributed by atoms with Gasteiger partial charge >= 0.3 is 12.0 Å². The zero-order valence-electron chi connectivity index (χ0n) is 21.7. The van der Waals surface area contributed by atoms with E-state index in [1.54, 1.807) is 12.1 Å². The molecule has 6 N–H and O–H groups in total. The monoisotopic (exact) mass is 566 g/mol. The molecule has 0 aliphatic carbocycles. The Bertz CT molecular complexity index is 1330. The van der Waals surface area contributed by atoms with Gasteiger partial charge in [-0.1, -0.05) is 55.8 Å². The molecule has 1 unspecified atom stereocenters. The first kappa shape index (κ1) is 29.8. The van der Waals surface area contributed by atoms with Gasteiger partial charge in [-0.2, -0.15) is 0 Å². The van der Waals surface area contributed by atoms with E-state index in [0.29, 0.717) is 12.2 Å². The van der Waals surface area contributed by atoms with Gasteiger partial charge in [0.15, 0.2) is 5.13 Å². The number of hydrogen-bond acceptors (Lipinski definition) is 7. The van der Waals surface area contributed by atoms with Crippen LogP contribution in [0.15, 0.2) is 60.0 Å². The Morgan fingerprint density at radius 3 is 2.33 bits per heavy atom. The molecule has 1 atom stereocenters. The summed E-state index contributed by atoms with van der Waals surface area (Å²) in [6, 6.07) is 14.6. The summed E-state index contributed by atoms with van der Waals surface area (Å²) in [5.74, 6) is -3.43. The Labute approximate surface area is 234 Å². The van der Waals surface area contributed by atoms with Crippen LogP contribution in [0.4, 0.5) is 15.6 Å². The number of nitrogens with zero attached hydrogens (tertiary/aromatic N) is 1. The lowest BCUT2D eigenvalue weighted by atomic mass is 10.1. The maximum absolute atomic E-state index is 12.6. The van der Waals surface area contributed by atoms with Crippen LogP contribution < -0.4 is 26.6 Å². The van der Waals surface area contributed by atoms with Crippen LogP contribution in [0.2, 0.25) is 0 Å². The Morgan fingerprint density at radius 1 is 0.925 bits per heavy atom. The van der Waals surface area contributed by atoms with Crippen LogP contribution in [-0.4, -0.2) is 52.4 Å². The Balaban J connectivity index is 1.47. The molecule has 210 valence electrons. The standard InChI is InChI=1S/C27H30N6O6S/c1-2-6-17-9-11-19(12-10-17)30-25(38)20(13-23(35)36)31-22(34)15-28-24(37)21-16-40-27(32-21)33-26(39)29-14-18-7-4-3-5-8-18/h3-5,7-12,16,20H,2,6,13-15H2,1H3,(H,28,37)(H,30,38)(H,31,34)(H,35,36)(H2,29,32,33,39). The number of benzene rings is 2. The minimum Gasteiger partial charge on any atom is -0.481 e. The average molecular weight is 567 g/mol. The third kappa shape index (κ3) is 9.83. The maximum atomic E-state index is 12.6. The van der Waals surface area contributed by atoms with Crippen LogP contribution >= 0.6 is 11.3 Å². The molecule has 13 heteroatoms. The second kappa shape index (κ2) is 15.0. The van der Waals surface area contributed by atoms with Crippen LogP contribution in [0.3, 0.4) is 0 Å². The van der Waals surface area contributed by atoms with Crippen molar-refractivity contribution in [1.82, 2.24) is 20.9 Å². The second-order valence-electron chi connectivity index (χ2n) is 8.67. The van der Waals surface area contributed by atoms with Gasteiger partial charge in [0, 0.05) is 17.6 Å². The van der Waals surface area contributed by atoms with Gasteiger partial charge in [-0.25, -0.2) is 9.78 Å². The molecule has 3 aromatic rings. The van der Waals surface area contributed by atoms with E-state index in [9.17, 15) is 29.1 Å². The first-order valence-corrected chi connectivity index (χ1v) is 13.3. The number of nitrogens with one attached hydrogen (secondary N) is 5. The largest absolute Gasteiger partial charge is 0.481 e. The Hall–Kier alpha value is -4.78. The molecular weight excluding hydrogens is 536 g/mol. The number of amides is 5. The molecule has 0 bridgehead atoms. The van der Waals surface area contributed by atoms with Crippen molar-refractivity contribution in [1.29, 1.82) is 0 Å². The number of hydrogen-bond donors (Lipinski definition) is 6. The highest BCUT2D eigenvalue weighted by Crippen LogP contribution is 2.15. The summed E-state index contributed by atoms with van der Waals surface area (Å²) in [4.78, 5) is 64.9. The van der Waals surface area contributed by atoms with E-state index < -0.39 is 48.7 Å². The minimum atomic E-state index is -1.36. The summed E-state index contributed by atoms with van der Waals surface area (Å²) in [6.45, 7) is 1.84. The zero-order chi connectivity index (χ0) is 28.9. The Morgan fingerprint density at radius 2 is 1.65 bits per heavy atom. The molecule has 2 aromatic carbocycles. The van der Waals surface area contributed by atoms with Crippen molar-refractivity contribution >= 4 is 51.9 Å². The van der Waals surface area contributed by atoms with Gasteiger partial charge in [-0.05, 0) is 29.7 Å². The first-order chi connectivity index (χ1) is 19.2. The van der Waals surface area contributed by atoms with Gasteiger partial charge in [0.05, 0.1) is 13.0 Å². The fraction of sp³-hybridized carbons (Fsp3) is 0.259. The number of aryl methyl sites for hydroxylation is 1. The molecule has 0 radical (unpaired) electrons. The molecule has 3 rings (SSSR count). The van der Waals surface area contributed by atoms with Gasteiger partial charge in [0.25, 0.3) is 5.91 Å². The molecule has 0 saturated carbocycles. The number of aromatic nitrogens is 1. The predicted octanol–water partition coefficient (Wildman–Crippen LogP) is 2.75. The first-order valence-electron chi connectivity index (χ1n) is 12.5. The van der Waals surface area contributed by atoms with E-state index in [-0.39, 0.29) is 10.8 Å². The number of carboxylic acids is 1. The highest BCUT2D eigenvalue weighted by atomic mass is 32.1. The Kier molecular flexibility index (Phi) is 11.1. The number of thiazole rings is 1. The lowest BCUT2D eigenvalue weighted by Gasteiger charge is -2.17. The minimum absolute atomic E-state index is 0.0255. The van der Waals surface area contributed by atoms with E-state index in [0.717, 1.165) is 35.3 Å². The number of carbonyl (C=O) groups excluding carboxylic acids is 4. The average Bonchev–Trinajstić information content (AvgIpc) is 3.40. The molecule has 12 nitrogen and oxygen atoms in total. The van der Waals surface area contributed by atoms with E-state index >= 15 is 0 Å². The fourth-order valence-corrected chi connectivity index (χ4v) is 4.19. The number of carbonyl (C=O) groups is 5. The smallest absolute Gasteiger partial charge is 0.321 e. The highest BCUT2D eigenvalue weighted by Gasteiger charge is 2.24. The van der Waals surface area contributed by atoms with Crippen molar-refractivity contribution in [3.63, 3.8) is 0 Å². The molecule has 1 aromatic heterocycles. The fourth-order valence-electron chi connectivity index (χ4n) is 3.51. The number of anilines is 2. The predicted molar refractivity (Wildman–Crippen MR) is 150 cm³/mol. The summed E-state index contributed by atoms with van der Waals surface area (Å²) >= 11 is 1.03. The van der Waals surface area contributed by atoms with Crippen LogP contribution in [0.25, 0.3) is 0 Å². The molecule has 40 heavy (non-hydrogen) atoms. The van der Waals surface area contributed by atoms with Gasteiger partial charge < -0.3 is 26.4 Å².